The van der Waals surface area contributed by atoms with E-state index in [9.17, 15) is 15.3 Å². The van der Waals surface area contributed by atoms with E-state index in [1.165, 1.54) is 0 Å². The standard InChI is InChI=1S/C15H22N2O4/c1-2-15(10-18,11-19)17-8-13(20)9-21-14-6-4-3-5-12(14)7-16/h3-6,13,17-20H,2,8-11H2,1H3. The highest BCUT2D eigenvalue weighted by Crippen LogP contribution is 2.16. The minimum atomic E-state index is -0.819. The van der Waals surface area contributed by atoms with Crippen LogP contribution >= 0.6 is 0 Å². The molecular formula is C15H22N2O4. The van der Waals surface area contributed by atoms with Gasteiger partial charge in [0.05, 0.1) is 24.3 Å². The van der Waals surface area contributed by atoms with Crippen LogP contribution in [0.25, 0.3) is 0 Å². The van der Waals surface area contributed by atoms with E-state index in [0.29, 0.717) is 17.7 Å². The van der Waals surface area contributed by atoms with Gasteiger partial charge in [0.2, 0.25) is 0 Å². The van der Waals surface area contributed by atoms with Crippen molar-refractivity contribution in [3.8, 4) is 11.8 Å². The fraction of sp³-hybridized carbons (Fsp3) is 0.533. The first kappa shape index (κ1) is 17.4. The maximum atomic E-state index is 9.89. The summed E-state index contributed by atoms with van der Waals surface area (Å²) >= 11 is 0. The van der Waals surface area contributed by atoms with Crippen LogP contribution in [0, 0.1) is 11.3 Å². The van der Waals surface area contributed by atoms with Crippen molar-refractivity contribution in [1.82, 2.24) is 5.32 Å². The monoisotopic (exact) mass is 294 g/mol. The molecule has 1 atom stereocenters. The second-order valence-corrected chi connectivity index (χ2v) is 4.90. The molecule has 0 fully saturated rings. The first-order valence-corrected chi connectivity index (χ1v) is 6.87. The number of nitriles is 1. The van der Waals surface area contributed by atoms with Crippen LogP contribution in [0.5, 0.6) is 5.75 Å². The van der Waals surface area contributed by atoms with Crippen LogP contribution < -0.4 is 10.1 Å². The smallest absolute Gasteiger partial charge is 0.137 e. The Bertz CT molecular complexity index is 461. The number of benzene rings is 1. The Kier molecular flexibility index (Phi) is 7.12. The number of nitrogens with zero attached hydrogens (tertiary/aromatic N) is 1. The number of para-hydroxylation sites is 1. The minimum absolute atomic E-state index is 0.0162. The molecule has 6 nitrogen and oxygen atoms in total. The van der Waals surface area contributed by atoms with Crippen molar-refractivity contribution in [3.05, 3.63) is 29.8 Å². The van der Waals surface area contributed by atoms with E-state index < -0.39 is 11.6 Å². The fourth-order valence-electron chi connectivity index (χ4n) is 1.77. The SMILES string of the molecule is CCC(CO)(CO)NCC(O)COc1ccccc1C#N. The van der Waals surface area contributed by atoms with Crippen molar-refractivity contribution in [3.63, 3.8) is 0 Å². The van der Waals surface area contributed by atoms with E-state index in [4.69, 9.17) is 10.00 Å². The van der Waals surface area contributed by atoms with Crippen molar-refractivity contribution >= 4 is 0 Å². The summed E-state index contributed by atoms with van der Waals surface area (Å²) in [6.45, 7) is 1.59. The third-order valence-electron chi connectivity index (χ3n) is 3.43. The molecule has 6 heteroatoms. The molecule has 1 unspecified atom stereocenters. The van der Waals surface area contributed by atoms with Crippen LogP contribution in [-0.4, -0.2) is 53.3 Å². The summed E-state index contributed by atoms with van der Waals surface area (Å²) in [6, 6.07) is 8.80. The lowest BCUT2D eigenvalue weighted by Crippen LogP contribution is -2.54. The summed E-state index contributed by atoms with van der Waals surface area (Å²) in [5, 5.41) is 40.4. The summed E-state index contributed by atoms with van der Waals surface area (Å²) in [5.74, 6) is 0.421. The van der Waals surface area contributed by atoms with Gasteiger partial charge in [0.1, 0.15) is 24.5 Å². The summed E-state index contributed by atoms with van der Waals surface area (Å²) in [5.41, 5.74) is -0.391. The third kappa shape index (κ3) is 4.99. The Morgan fingerprint density at radius 2 is 2.00 bits per heavy atom. The van der Waals surface area contributed by atoms with Crippen molar-refractivity contribution in [2.24, 2.45) is 0 Å². The van der Waals surface area contributed by atoms with E-state index >= 15 is 0 Å². The van der Waals surface area contributed by atoms with Gasteiger partial charge in [-0.2, -0.15) is 5.26 Å². The molecule has 0 saturated carbocycles. The summed E-state index contributed by atoms with van der Waals surface area (Å²) in [7, 11) is 0. The lowest BCUT2D eigenvalue weighted by molar-refractivity contribution is 0.0568. The normalized spacial score (nSPS) is 12.7. The average Bonchev–Trinajstić information content (AvgIpc) is 2.55. The molecule has 0 bridgehead atoms. The average molecular weight is 294 g/mol. The first-order valence-electron chi connectivity index (χ1n) is 6.87. The topological polar surface area (TPSA) is 106 Å². The Hall–Kier alpha value is -1.65. The Morgan fingerprint density at radius 1 is 1.33 bits per heavy atom. The molecule has 1 rings (SSSR count). The molecule has 116 valence electrons. The van der Waals surface area contributed by atoms with Gasteiger partial charge in [0.15, 0.2) is 0 Å². The molecule has 1 aromatic carbocycles. The molecule has 4 N–H and O–H groups in total. The number of hydrogen-bond donors (Lipinski definition) is 4. The molecule has 0 aromatic heterocycles. The molecule has 0 aliphatic heterocycles. The predicted molar refractivity (Wildman–Crippen MR) is 77.9 cm³/mol. The summed E-state index contributed by atoms with van der Waals surface area (Å²) in [4.78, 5) is 0. The molecule has 21 heavy (non-hydrogen) atoms. The lowest BCUT2D eigenvalue weighted by atomic mass is 9.98. The molecule has 0 aliphatic carbocycles. The first-order chi connectivity index (χ1) is 10.1. The van der Waals surface area contributed by atoms with Gasteiger partial charge < -0.3 is 25.4 Å². The number of hydrogen-bond acceptors (Lipinski definition) is 6. The highest BCUT2D eigenvalue weighted by atomic mass is 16.5. The molecule has 0 radical (unpaired) electrons. The maximum Gasteiger partial charge on any atom is 0.137 e. The van der Waals surface area contributed by atoms with Crippen LogP contribution in [0.4, 0.5) is 0 Å². The summed E-state index contributed by atoms with van der Waals surface area (Å²) < 4.78 is 5.42. The summed E-state index contributed by atoms with van der Waals surface area (Å²) in [6.07, 6.45) is -0.286. The third-order valence-corrected chi connectivity index (χ3v) is 3.43. The fourth-order valence-corrected chi connectivity index (χ4v) is 1.77. The van der Waals surface area contributed by atoms with Gasteiger partial charge >= 0.3 is 0 Å². The zero-order valence-corrected chi connectivity index (χ0v) is 12.1. The van der Waals surface area contributed by atoms with Crippen LogP contribution in [0.3, 0.4) is 0 Å². The molecule has 0 aliphatic rings. The quantitative estimate of drug-likeness (QED) is 0.512. The van der Waals surface area contributed by atoms with E-state index in [0.717, 1.165) is 0 Å². The van der Waals surface area contributed by atoms with E-state index in [1.54, 1.807) is 24.3 Å². The molecule has 0 saturated heterocycles. The lowest BCUT2D eigenvalue weighted by Gasteiger charge is -2.30. The second kappa shape index (κ2) is 8.60. The minimum Gasteiger partial charge on any atom is -0.489 e. The van der Waals surface area contributed by atoms with Crippen LogP contribution in [0.15, 0.2) is 24.3 Å². The molecular weight excluding hydrogens is 272 g/mol. The molecule has 0 heterocycles. The van der Waals surface area contributed by atoms with Crippen LogP contribution in [-0.2, 0) is 0 Å². The van der Waals surface area contributed by atoms with Crippen molar-refractivity contribution < 1.29 is 20.1 Å². The zero-order chi connectivity index (χ0) is 15.7. The predicted octanol–water partition coefficient (Wildman–Crippen LogP) is 0.0210. The highest BCUT2D eigenvalue weighted by molar-refractivity contribution is 5.42. The Balaban J connectivity index is 2.48. The van der Waals surface area contributed by atoms with Crippen molar-refractivity contribution in [1.29, 1.82) is 5.26 Å². The number of aliphatic hydroxyl groups is 3. The van der Waals surface area contributed by atoms with Crippen LogP contribution in [0.1, 0.15) is 18.9 Å². The highest BCUT2D eigenvalue weighted by Gasteiger charge is 2.26. The number of rotatable bonds is 9. The largest absolute Gasteiger partial charge is 0.489 e. The van der Waals surface area contributed by atoms with Gasteiger partial charge in [-0.3, -0.25) is 0 Å². The number of ether oxygens (including phenoxy) is 1. The molecule has 0 amide bonds. The second-order valence-electron chi connectivity index (χ2n) is 4.90. The van der Waals surface area contributed by atoms with Crippen molar-refractivity contribution in [2.45, 2.75) is 25.0 Å². The maximum absolute atomic E-state index is 9.89. The van der Waals surface area contributed by atoms with Gasteiger partial charge in [-0.05, 0) is 18.6 Å². The van der Waals surface area contributed by atoms with Gasteiger partial charge in [-0.1, -0.05) is 19.1 Å². The Morgan fingerprint density at radius 3 is 2.57 bits per heavy atom. The molecule has 1 aromatic rings. The van der Waals surface area contributed by atoms with Gasteiger partial charge in [0.25, 0.3) is 0 Å². The van der Waals surface area contributed by atoms with Gasteiger partial charge in [-0.25, -0.2) is 0 Å². The Labute approximate surface area is 124 Å². The van der Waals surface area contributed by atoms with E-state index in [1.807, 2.05) is 13.0 Å². The van der Waals surface area contributed by atoms with Crippen LogP contribution in [0.2, 0.25) is 0 Å². The zero-order valence-electron chi connectivity index (χ0n) is 12.1. The molecule has 0 spiro atoms. The number of β-amino-alcohol motifs (C(OH)–C–C–N with tert-alkyl or cyclic N) is 1. The van der Waals surface area contributed by atoms with E-state index in [-0.39, 0.29) is 26.4 Å². The van der Waals surface area contributed by atoms with Crippen molar-refractivity contribution in [2.75, 3.05) is 26.4 Å². The van der Waals surface area contributed by atoms with Gasteiger partial charge in [0, 0.05) is 6.54 Å². The van der Waals surface area contributed by atoms with E-state index in [2.05, 4.69) is 5.32 Å². The number of nitrogens with one attached hydrogen (secondary N) is 1. The number of aliphatic hydroxyl groups excluding tert-OH is 3. The van der Waals surface area contributed by atoms with Gasteiger partial charge in [-0.15, -0.1) is 0 Å².